The van der Waals surface area contributed by atoms with E-state index >= 15 is 0 Å². The zero-order valence-electron chi connectivity index (χ0n) is 22.2. The first-order valence-corrected chi connectivity index (χ1v) is 13.3. The van der Waals surface area contributed by atoms with E-state index in [1.165, 1.54) is 69.8 Å². The Morgan fingerprint density at radius 2 is 1.68 bits per heavy atom. The quantitative estimate of drug-likeness (QED) is 0.419. The molecular weight excluding hydrogens is 376 g/mol. The third-order valence-corrected chi connectivity index (χ3v) is 10.7. The van der Waals surface area contributed by atoms with Gasteiger partial charge in [0.15, 0.2) is 0 Å². The van der Waals surface area contributed by atoms with Crippen molar-refractivity contribution < 1.29 is 5.11 Å². The second-order valence-corrected chi connectivity index (χ2v) is 13.3. The number of hydrogen-bond acceptors (Lipinski definition) is 1. The summed E-state index contributed by atoms with van der Waals surface area (Å²) in [7, 11) is 0. The van der Waals surface area contributed by atoms with Crippen LogP contribution < -0.4 is 0 Å². The van der Waals surface area contributed by atoms with Gasteiger partial charge in [-0.3, -0.25) is 0 Å². The highest BCUT2D eigenvalue weighted by Crippen LogP contribution is 2.73. The van der Waals surface area contributed by atoms with Crippen LogP contribution in [0, 0.1) is 33.5 Å². The van der Waals surface area contributed by atoms with E-state index in [9.17, 15) is 5.11 Å². The van der Waals surface area contributed by atoms with Gasteiger partial charge < -0.3 is 5.11 Å². The Hall–Kier alpha value is -0.560. The number of aliphatic hydroxyl groups is 1. The molecule has 0 saturated heterocycles. The normalized spacial score (nSPS) is 42.5. The van der Waals surface area contributed by atoms with Crippen molar-refractivity contribution in [3.63, 3.8) is 0 Å². The molecule has 0 unspecified atom stereocenters. The molecule has 0 amide bonds. The molecule has 3 fully saturated rings. The first-order valence-electron chi connectivity index (χ1n) is 13.3. The van der Waals surface area contributed by atoms with Crippen molar-refractivity contribution in [1.29, 1.82) is 0 Å². The summed E-state index contributed by atoms with van der Waals surface area (Å²) in [6, 6.07) is 0. The molecule has 3 aliphatic rings. The minimum Gasteiger partial charge on any atom is -0.396 e. The summed E-state index contributed by atoms with van der Waals surface area (Å²) in [5.74, 6) is 1.52. The van der Waals surface area contributed by atoms with Crippen molar-refractivity contribution in [3.05, 3.63) is 22.8 Å². The van der Waals surface area contributed by atoms with Crippen molar-refractivity contribution in [2.24, 2.45) is 33.5 Å². The average Bonchev–Trinajstić information content (AvgIpc) is 2.66. The van der Waals surface area contributed by atoms with Crippen molar-refractivity contribution in [2.45, 2.75) is 126 Å². The Morgan fingerprint density at radius 3 is 2.29 bits per heavy atom. The van der Waals surface area contributed by atoms with Crippen LogP contribution in [0.2, 0.25) is 0 Å². The molecule has 1 heteroatoms. The van der Waals surface area contributed by atoms with E-state index in [2.05, 4.69) is 61.5 Å². The third kappa shape index (κ3) is 4.47. The summed E-state index contributed by atoms with van der Waals surface area (Å²) in [5, 5.41) is 9.64. The van der Waals surface area contributed by atoms with Crippen molar-refractivity contribution in [3.8, 4) is 0 Å². The summed E-state index contributed by atoms with van der Waals surface area (Å²) in [5.41, 5.74) is 6.58. The predicted octanol–water partition coefficient (Wildman–Crippen LogP) is 8.87. The molecule has 0 aromatic rings. The van der Waals surface area contributed by atoms with Crippen molar-refractivity contribution in [1.82, 2.24) is 0 Å². The zero-order valence-corrected chi connectivity index (χ0v) is 22.2. The zero-order chi connectivity index (χ0) is 23.1. The second kappa shape index (κ2) is 9.00. The van der Waals surface area contributed by atoms with Gasteiger partial charge in [-0.15, -0.1) is 0 Å². The Kier molecular flexibility index (Phi) is 7.28. The van der Waals surface area contributed by atoms with Gasteiger partial charge in [-0.05, 0) is 132 Å². The molecule has 31 heavy (non-hydrogen) atoms. The summed E-state index contributed by atoms with van der Waals surface area (Å²) < 4.78 is 0. The highest BCUT2D eigenvalue weighted by molar-refractivity contribution is 5.26. The van der Waals surface area contributed by atoms with Gasteiger partial charge in [-0.2, -0.15) is 0 Å². The largest absolute Gasteiger partial charge is 0.396 e. The fourth-order valence-electron chi connectivity index (χ4n) is 8.90. The first-order chi connectivity index (χ1) is 14.4. The summed E-state index contributed by atoms with van der Waals surface area (Å²) in [6.07, 6.45) is 16.9. The summed E-state index contributed by atoms with van der Waals surface area (Å²) >= 11 is 0. The maximum absolute atomic E-state index is 9.64. The molecule has 1 N–H and O–H groups in total. The van der Waals surface area contributed by atoms with E-state index in [0.29, 0.717) is 34.2 Å². The second-order valence-electron chi connectivity index (χ2n) is 13.3. The number of rotatable bonds is 6. The highest BCUT2D eigenvalue weighted by Gasteiger charge is 2.64. The third-order valence-electron chi connectivity index (χ3n) is 10.7. The van der Waals surface area contributed by atoms with Gasteiger partial charge in [0, 0.05) is 6.61 Å². The van der Waals surface area contributed by atoms with Crippen LogP contribution in [0.1, 0.15) is 126 Å². The van der Waals surface area contributed by atoms with Crippen LogP contribution >= 0.6 is 0 Å². The van der Waals surface area contributed by atoms with Crippen LogP contribution in [-0.4, -0.2) is 11.7 Å². The topological polar surface area (TPSA) is 20.2 Å². The molecule has 0 spiro atoms. The first kappa shape index (κ1) is 25.1. The molecule has 3 aliphatic carbocycles. The Balaban J connectivity index is 1.89. The van der Waals surface area contributed by atoms with Gasteiger partial charge in [0.25, 0.3) is 0 Å². The lowest BCUT2D eigenvalue weighted by atomic mass is 9.36. The Bertz CT molecular complexity index is 708. The summed E-state index contributed by atoms with van der Waals surface area (Å²) in [4.78, 5) is 0. The van der Waals surface area contributed by atoms with Gasteiger partial charge in [-0.25, -0.2) is 0 Å². The maximum Gasteiger partial charge on any atom is 0.0431 e. The lowest BCUT2D eigenvalue weighted by molar-refractivity contribution is -0.182. The van der Waals surface area contributed by atoms with E-state index in [0.717, 1.165) is 12.3 Å². The fraction of sp³-hybridized carbons (Fsp3) is 0.867. The highest BCUT2D eigenvalue weighted by atomic mass is 16.2. The van der Waals surface area contributed by atoms with Crippen molar-refractivity contribution >= 4 is 0 Å². The van der Waals surface area contributed by atoms with Crippen LogP contribution in [0.5, 0.6) is 0 Å². The minimum atomic E-state index is 0.338. The molecule has 0 heterocycles. The van der Waals surface area contributed by atoms with Crippen LogP contribution in [0.15, 0.2) is 22.8 Å². The molecule has 0 aromatic heterocycles. The van der Waals surface area contributed by atoms with Crippen LogP contribution in [-0.2, 0) is 0 Å². The van der Waals surface area contributed by atoms with Gasteiger partial charge in [-0.1, -0.05) is 50.5 Å². The fourth-order valence-corrected chi connectivity index (χ4v) is 8.90. The van der Waals surface area contributed by atoms with Gasteiger partial charge in [0.2, 0.25) is 0 Å². The molecule has 178 valence electrons. The number of allylic oxidation sites excluding steroid dienone is 4. The van der Waals surface area contributed by atoms with Crippen molar-refractivity contribution in [2.75, 3.05) is 6.61 Å². The van der Waals surface area contributed by atoms with Crippen LogP contribution in [0.3, 0.4) is 0 Å². The monoisotopic (exact) mass is 428 g/mol. The number of hydrogen-bond donors (Lipinski definition) is 1. The SMILES string of the molecule is CC(C)=CCC[C@@]1(C)CC[C@H]2[C@@](C)(CC[C@@]3(C)[C@H](CCCO)C(=C(C)C)CC[C@]23C)C1. The van der Waals surface area contributed by atoms with E-state index < -0.39 is 0 Å². The predicted molar refractivity (Wildman–Crippen MR) is 135 cm³/mol. The molecule has 0 aromatic carbocycles. The average molecular weight is 429 g/mol. The molecule has 6 atom stereocenters. The number of fused-ring (bicyclic) bond motifs is 3. The van der Waals surface area contributed by atoms with Crippen LogP contribution in [0.4, 0.5) is 0 Å². The lowest BCUT2D eigenvalue weighted by Crippen LogP contribution is -2.61. The molecule has 0 bridgehead atoms. The van der Waals surface area contributed by atoms with Gasteiger partial charge in [0.05, 0.1) is 0 Å². The van der Waals surface area contributed by atoms with E-state index in [-0.39, 0.29) is 0 Å². The number of aliphatic hydroxyl groups excluding tert-OH is 1. The standard InChI is InChI=1S/C30H52O/c1-22(2)11-9-15-27(5)16-14-26-28(6,21-27)18-19-29(7)25(12-10-20-31)24(23(3)4)13-17-30(26,29)8/h11,25-26,31H,9-10,12-21H2,1-8H3/t25-,26+,27+,28+,29+,30-/m1/s1. The van der Waals surface area contributed by atoms with E-state index in [1.54, 1.807) is 11.1 Å². The Labute approximate surface area is 194 Å². The molecule has 3 saturated carbocycles. The molecule has 3 rings (SSSR count). The van der Waals surface area contributed by atoms with Crippen LogP contribution in [0.25, 0.3) is 0 Å². The van der Waals surface area contributed by atoms with E-state index in [4.69, 9.17) is 0 Å². The molecule has 0 aliphatic heterocycles. The molecule has 0 radical (unpaired) electrons. The maximum atomic E-state index is 9.64. The smallest absolute Gasteiger partial charge is 0.0431 e. The lowest BCUT2D eigenvalue weighted by Gasteiger charge is -2.69. The van der Waals surface area contributed by atoms with Gasteiger partial charge in [0.1, 0.15) is 0 Å². The van der Waals surface area contributed by atoms with E-state index in [1.807, 2.05) is 0 Å². The Morgan fingerprint density at radius 1 is 0.968 bits per heavy atom. The molecular formula is C30H52O. The summed E-state index contributed by atoms with van der Waals surface area (Å²) in [6.45, 7) is 20.1. The minimum absolute atomic E-state index is 0.338. The van der Waals surface area contributed by atoms with Gasteiger partial charge >= 0.3 is 0 Å². The molecule has 1 nitrogen and oxygen atoms in total.